The first kappa shape index (κ1) is 15.0. The Morgan fingerprint density at radius 2 is 2.00 bits per heavy atom. The fourth-order valence-electron chi connectivity index (χ4n) is 1.85. The van der Waals surface area contributed by atoms with Crippen molar-refractivity contribution >= 4 is 33.4 Å². The number of halogens is 3. The molecular formula is C15H12BrClFNO. The summed E-state index contributed by atoms with van der Waals surface area (Å²) in [7, 11) is 0. The standard InChI is InChI=1S/C15H12BrClFNO/c1-9(11-4-2-3-5-14(11)18)19-15(20)12-8-10(16)6-7-13(12)17/h2-9H,1H3,(H,19,20)/t9-/m1/s1. The number of hydrogen-bond acceptors (Lipinski definition) is 1. The minimum atomic E-state index is -0.446. The molecule has 0 heterocycles. The van der Waals surface area contributed by atoms with Crippen LogP contribution in [0.15, 0.2) is 46.9 Å². The minimum Gasteiger partial charge on any atom is -0.345 e. The maximum atomic E-state index is 13.7. The van der Waals surface area contributed by atoms with E-state index in [0.29, 0.717) is 16.1 Å². The highest BCUT2D eigenvalue weighted by Crippen LogP contribution is 2.22. The Morgan fingerprint density at radius 3 is 2.70 bits per heavy atom. The van der Waals surface area contributed by atoms with Gasteiger partial charge in [0.15, 0.2) is 0 Å². The van der Waals surface area contributed by atoms with Gasteiger partial charge in [0.2, 0.25) is 0 Å². The van der Waals surface area contributed by atoms with Gasteiger partial charge in [0.05, 0.1) is 16.6 Å². The van der Waals surface area contributed by atoms with Crippen molar-refractivity contribution in [1.82, 2.24) is 5.32 Å². The average molecular weight is 357 g/mol. The number of nitrogens with one attached hydrogen (secondary N) is 1. The molecule has 0 unspecified atom stereocenters. The molecule has 5 heteroatoms. The molecule has 1 N–H and O–H groups in total. The summed E-state index contributed by atoms with van der Waals surface area (Å²) in [6.45, 7) is 1.72. The third-order valence-corrected chi connectivity index (χ3v) is 3.72. The van der Waals surface area contributed by atoms with Crippen LogP contribution in [0.3, 0.4) is 0 Å². The Morgan fingerprint density at radius 1 is 1.30 bits per heavy atom. The van der Waals surface area contributed by atoms with Gasteiger partial charge in [-0.1, -0.05) is 45.7 Å². The predicted molar refractivity (Wildman–Crippen MR) is 81.4 cm³/mol. The molecule has 0 bridgehead atoms. The number of rotatable bonds is 3. The summed E-state index contributed by atoms with van der Waals surface area (Å²) in [4.78, 5) is 12.2. The third-order valence-electron chi connectivity index (χ3n) is 2.89. The summed E-state index contributed by atoms with van der Waals surface area (Å²) in [6.07, 6.45) is 0. The first-order valence-electron chi connectivity index (χ1n) is 5.99. The molecular weight excluding hydrogens is 345 g/mol. The topological polar surface area (TPSA) is 29.1 Å². The Kier molecular flexibility index (Phi) is 4.78. The van der Waals surface area contributed by atoms with Gasteiger partial charge in [-0.15, -0.1) is 0 Å². The monoisotopic (exact) mass is 355 g/mol. The summed E-state index contributed by atoms with van der Waals surface area (Å²) in [5, 5.41) is 3.09. The van der Waals surface area contributed by atoms with E-state index in [9.17, 15) is 9.18 Å². The van der Waals surface area contributed by atoms with Crippen LogP contribution < -0.4 is 5.32 Å². The van der Waals surface area contributed by atoms with E-state index in [1.807, 2.05) is 0 Å². The first-order chi connectivity index (χ1) is 9.49. The van der Waals surface area contributed by atoms with Crippen molar-refractivity contribution in [2.75, 3.05) is 0 Å². The molecule has 0 saturated carbocycles. The third kappa shape index (κ3) is 3.38. The van der Waals surface area contributed by atoms with Gasteiger partial charge in [0.1, 0.15) is 5.82 Å². The van der Waals surface area contributed by atoms with Gasteiger partial charge >= 0.3 is 0 Å². The van der Waals surface area contributed by atoms with Crippen molar-refractivity contribution in [3.63, 3.8) is 0 Å². The van der Waals surface area contributed by atoms with Crippen molar-refractivity contribution < 1.29 is 9.18 Å². The highest BCUT2D eigenvalue weighted by molar-refractivity contribution is 9.10. The zero-order chi connectivity index (χ0) is 14.7. The number of amides is 1. The molecule has 104 valence electrons. The van der Waals surface area contributed by atoms with Crippen LogP contribution in [0, 0.1) is 5.82 Å². The molecule has 2 nitrogen and oxygen atoms in total. The number of carbonyl (C=O) groups excluding carboxylic acids is 1. The van der Waals surface area contributed by atoms with Crippen molar-refractivity contribution in [3.8, 4) is 0 Å². The van der Waals surface area contributed by atoms with E-state index in [4.69, 9.17) is 11.6 Å². The smallest absolute Gasteiger partial charge is 0.253 e. The second-order valence-electron chi connectivity index (χ2n) is 4.34. The van der Waals surface area contributed by atoms with Crippen molar-refractivity contribution in [1.29, 1.82) is 0 Å². The van der Waals surface area contributed by atoms with Crippen molar-refractivity contribution in [3.05, 3.63) is 68.9 Å². The largest absolute Gasteiger partial charge is 0.345 e. The molecule has 1 atom stereocenters. The van der Waals surface area contributed by atoms with Crippen LogP contribution in [0.25, 0.3) is 0 Å². The molecule has 2 rings (SSSR count). The van der Waals surface area contributed by atoms with E-state index in [1.54, 1.807) is 43.3 Å². The zero-order valence-corrected chi connectivity index (χ0v) is 13.0. The number of benzene rings is 2. The van der Waals surface area contributed by atoms with E-state index in [0.717, 1.165) is 4.47 Å². The molecule has 2 aromatic carbocycles. The Labute approximate surface area is 130 Å². The van der Waals surface area contributed by atoms with Crippen LogP contribution >= 0.6 is 27.5 Å². The Balaban J connectivity index is 2.20. The summed E-state index contributed by atoms with van der Waals surface area (Å²) in [5.74, 6) is -0.687. The lowest BCUT2D eigenvalue weighted by Gasteiger charge is -2.15. The lowest BCUT2D eigenvalue weighted by atomic mass is 10.1. The molecule has 0 radical (unpaired) electrons. The van der Waals surface area contributed by atoms with Crippen molar-refractivity contribution in [2.24, 2.45) is 0 Å². The minimum absolute atomic E-state index is 0.341. The molecule has 20 heavy (non-hydrogen) atoms. The fraction of sp³-hybridized carbons (Fsp3) is 0.133. The maximum absolute atomic E-state index is 13.7. The summed E-state index contributed by atoms with van der Waals surface area (Å²) >= 11 is 9.28. The van der Waals surface area contributed by atoms with E-state index in [2.05, 4.69) is 21.2 Å². The molecule has 0 aliphatic rings. The normalized spacial score (nSPS) is 12.0. The molecule has 0 aromatic heterocycles. The van der Waals surface area contributed by atoms with Gasteiger partial charge < -0.3 is 5.32 Å². The SMILES string of the molecule is C[C@@H](NC(=O)c1cc(Br)ccc1Cl)c1ccccc1F. The fourth-order valence-corrected chi connectivity index (χ4v) is 2.41. The highest BCUT2D eigenvalue weighted by Gasteiger charge is 2.16. The van der Waals surface area contributed by atoms with Gasteiger partial charge in [0, 0.05) is 10.0 Å². The summed E-state index contributed by atoms with van der Waals surface area (Å²) in [5.41, 5.74) is 0.788. The molecule has 0 spiro atoms. The predicted octanol–water partition coefficient (Wildman–Crippen LogP) is 4.73. The Hall–Kier alpha value is -1.39. The van der Waals surface area contributed by atoms with E-state index in [1.165, 1.54) is 6.07 Å². The lowest BCUT2D eigenvalue weighted by Crippen LogP contribution is -2.27. The Bertz CT molecular complexity index is 648. The van der Waals surface area contributed by atoms with Crippen LogP contribution in [-0.4, -0.2) is 5.91 Å². The van der Waals surface area contributed by atoms with Gasteiger partial charge in [0.25, 0.3) is 5.91 Å². The van der Waals surface area contributed by atoms with Crippen LogP contribution in [0.4, 0.5) is 4.39 Å². The first-order valence-corrected chi connectivity index (χ1v) is 7.16. The van der Waals surface area contributed by atoms with E-state index in [-0.39, 0.29) is 11.7 Å². The zero-order valence-electron chi connectivity index (χ0n) is 10.7. The molecule has 0 saturated heterocycles. The van der Waals surface area contributed by atoms with Crippen LogP contribution in [0.2, 0.25) is 5.02 Å². The molecule has 1 amide bonds. The second kappa shape index (κ2) is 6.37. The van der Waals surface area contributed by atoms with Crippen molar-refractivity contribution in [2.45, 2.75) is 13.0 Å². The van der Waals surface area contributed by atoms with E-state index >= 15 is 0 Å². The van der Waals surface area contributed by atoms with Crippen LogP contribution in [0.5, 0.6) is 0 Å². The highest BCUT2D eigenvalue weighted by atomic mass is 79.9. The number of carbonyl (C=O) groups is 1. The second-order valence-corrected chi connectivity index (χ2v) is 5.66. The maximum Gasteiger partial charge on any atom is 0.253 e. The van der Waals surface area contributed by atoms with Gasteiger partial charge in [-0.3, -0.25) is 4.79 Å². The van der Waals surface area contributed by atoms with Gasteiger partial charge in [-0.05, 0) is 31.2 Å². The van der Waals surface area contributed by atoms with E-state index < -0.39 is 6.04 Å². The van der Waals surface area contributed by atoms with Crippen LogP contribution in [0.1, 0.15) is 28.9 Å². The van der Waals surface area contributed by atoms with Gasteiger partial charge in [-0.2, -0.15) is 0 Å². The molecule has 2 aromatic rings. The molecule has 0 aliphatic heterocycles. The lowest BCUT2D eigenvalue weighted by molar-refractivity contribution is 0.0939. The van der Waals surface area contributed by atoms with Crippen LogP contribution in [-0.2, 0) is 0 Å². The molecule has 0 aliphatic carbocycles. The summed E-state index contributed by atoms with van der Waals surface area (Å²) < 4.78 is 14.4. The number of hydrogen-bond donors (Lipinski definition) is 1. The average Bonchev–Trinajstić information content (AvgIpc) is 2.41. The summed E-state index contributed by atoms with van der Waals surface area (Å²) in [6, 6.07) is 10.9. The quantitative estimate of drug-likeness (QED) is 0.846. The molecule has 0 fully saturated rings. The van der Waals surface area contributed by atoms with Gasteiger partial charge in [-0.25, -0.2) is 4.39 Å².